The molecule has 3 rings (SSSR count). The summed E-state index contributed by atoms with van der Waals surface area (Å²) in [5.41, 5.74) is 2.95. The first-order valence-corrected chi connectivity index (χ1v) is 8.28. The highest BCUT2D eigenvalue weighted by Crippen LogP contribution is 2.33. The van der Waals surface area contributed by atoms with Crippen molar-refractivity contribution in [3.8, 4) is 0 Å². The lowest BCUT2D eigenvalue weighted by Crippen LogP contribution is -2.33. The summed E-state index contributed by atoms with van der Waals surface area (Å²) in [7, 11) is 1.51. The van der Waals surface area contributed by atoms with E-state index in [4.69, 9.17) is 14.3 Å². The number of nitrogens with one attached hydrogen (secondary N) is 1. The average Bonchev–Trinajstić information content (AvgIpc) is 2.94. The number of thiophene rings is 1. The number of carbonyl (C=O) groups excluding carboxylic acids is 1. The standard InChI is InChI=1S/C16H18FNO4S/c1-20-9-10-14-11(17)5-4-6-12(14)23-15(10)16(19)18-22-13-7-2-3-8-21-13/h4-6,13H,2-3,7-9H2,1H3,(H,18,19)/t13-/m1/s1. The minimum Gasteiger partial charge on any atom is -0.380 e. The van der Waals surface area contributed by atoms with Gasteiger partial charge in [-0.1, -0.05) is 6.07 Å². The molecule has 0 bridgehead atoms. The second-order valence-corrected chi connectivity index (χ2v) is 6.35. The Labute approximate surface area is 137 Å². The molecule has 1 aromatic carbocycles. The second-order valence-electron chi connectivity index (χ2n) is 5.30. The van der Waals surface area contributed by atoms with E-state index < -0.39 is 12.2 Å². The Balaban J connectivity index is 1.81. The van der Waals surface area contributed by atoms with Crippen LogP contribution in [0.4, 0.5) is 4.39 Å². The third-order valence-corrected chi connectivity index (χ3v) is 4.88. The molecule has 1 saturated heterocycles. The number of ether oxygens (including phenoxy) is 2. The molecule has 0 radical (unpaired) electrons. The zero-order valence-corrected chi connectivity index (χ0v) is 13.6. The topological polar surface area (TPSA) is 56.8 Å². The second kappa shape index (κ2) is 7.35. The van der Waals surface area contributed by atoms with Crippen LogP contribution in [0.15, 0.2) is 18.2 Å². The third-order valence-electron chi connectivity index (χ3n) is 3.68. The number of hydrogen-bond donors (Lipinski definition) is 1. The normalized spacial score (nSPS) is 18.3. The zero-order chi connectivity index (χ0) is 16.2. The number of hydrogen-bond acceptors (Lipinski definition) is 5. The monoisotopic (exact) mass is 339 g/mol. The van der Waals surface area contributed by atoms with E-state index in [0.717, 1.165) is 19.3 Å². The Morgan fingerprint density at radius 1 is 1.48 bits per heavy atom. The summed E-state index contributed by atoms with van der Waals surface area (Å²) in [6.45, 7) is 0.785. The van der Waals surface area contributed by atoms with Gasteiger partial charge in [-0.2, -0.15) is 0 Å². The first-order valence-electron chi connectivity index (χ1n) is 7.47. The maximum atomic E-state index is 14.1. The van der Waals surface area contributed by atoms with Gasteiger partial charge in [0.15, 0.2) is 6.29 Å². The van der Waals surface area contributed by atoms with Crippen LogP contribution >= 0.6 is 11.3 Å². The fourth-order valence-electron chi connectivity index (χ4n) is 2.60. The van der Waals surface area contributed by atoms with Gasteiger partial charge in [0.2, 0.25) is 0 Å². The van der Waals surface area contributed by atoms with Gasteiger partial charge in [-0.3, -0.25) is 4.79 Å². The predicted molar refractivity (Wildman–Crippen MR) is 84.6 cm³/mol. The van der Waals surface area contributed by atoms with Crippen molar-refractivity contribution >= 4 is 27.3 Å². The summed E-state index contributed by atoms with van der Waals surface area (Å²) in [5, 5.41) is 0.429. The third kappa shape index (κ3) is 3.53. The molecule has 0 saturated carbocycles. The van der Waals surface area contributed by atoms with E-state index in [-0.39, 0.29) is 12.4 Å². The van der Waals surface area contributed by atoms with Crippen LogP contribution in [0.25, 0.3) is 10.1 Å². The highest BCUT2D eigenvalue weighted by Gasteiger charge is 2.22. The molecule has 1 N–H and O–H groups in total. The van der Waals surface area contributed by atoms with Gasteiger partial charge in [0, 0.05) is 35.8 Å². The number of amides is 1. The van der Waals surface area contributed by atoms with E-state index in [1.54, 1.807) is 12.1 Å². The van der Waals surface area contributed by atoms with Crippen LogP contribution in [0.2, 0.25) is 0 Å². The van der Waals surface area contributed by atoms with E-state index >= 15 is 0 Å². The van der Waals surface area contributed by atoms with Crippen molar-refractivity contribution in [1.82, 2.24) is 5.48 Å². The van der Waals surface area contributed by atoms with Crippen molar-refractivity contribution in [2.24, 2.45) is 0 Å². The number of hydroxylamine groups is 1. The van der Waals surface area contributed by atoms with Crippen LogP contribution in [0.5, 0.6) is 0 Å². The SMILES string of the molecule is COCc1c(C(=O)NO[C@@H]2CCCCO2)sc2cccc(F)c12. The Hall–Kier alpha value is -1.54. The van der Waals surface area contributed by atoms with Gasteiger partial charge in [0.1, 0.15) is 10.7 Å². The van der Waals surface area contributed by atoms with Crippen LogP contribution in [0, 0.1) is 5.82 Å². The summed E-state index contributed by atoms with van der Waals surface area (Å²) in [4.78, 5) is 18.1. The Bertz CT molecular complexity index is 697. The van der Waals surface area contributed by atoms with Gasteiger partial charge in [-0.05, 0) is 25.0 Å². The number of fused-ring (bicyclic) bond motifs is 1. The highest BCUT2D eigenvalue weighted by atomic mass is 32.1. The average molecular weight is 339 g/mol. The van der Waals surface area contributed by atoms with Crippen molar-refractivity contribution < 1.29 is 23.5 Å². The van der Waals surface area contributed by atoms with Crippen molar-refractivity contribution in [2.75, 3.05) is 13.7 Å². The van der Waals surface area contributed by atoms with E-state index in [1.807, 2.05) is 0 Å². The number of rotatable bonds is 5. The van der Waals surface area contributed by atoms with Gasteiger partial charge in [0.25, 0.3) is 5.91 Å². The lowest BCUT2D eigenvalue weighted by Gasteiger charge is -2.22. The molecule has 1 aromatic heterocycles. The Morgan fingerprint density at radius 3 is 3.09 bits per heavy atom. The van der Waals surface area contributed by atoms with Crippen LogP contribution < -0.4 is 5.48 Å². The molecule has 1 aliphatic heterocycles. The number of benzene rings is 1. The Kier molecular flexibility index (Phi) is 5.22. The fourth-order valence-corrected chi connectivity index (χ4v) is 3.71. The molecule has 1 amide bonds. The molecule has 1 atom stereocenters. The highest BCUT2D eigenvalue weighted by molar-refractivity contribution is 7.21. The molecule has 2 aromatic rings. The minimum atomic E-state index is -0.426. The molecule has 7 heteroatoms. The molecule has 23 heavy (non-hydrogen) atoms. The molecular formula is C16H18FNO4S. The number of carbonyl (C=O) groups is 1. The fraction of sp³-hybridized carbons (Fsp3) is 0.438. The lowest BCUT2D eigenvalue weighted by molar-refractivity contribution is -0.186. The lowest BCUT2D eigenvalue weighted by atomic mass is 10.1. The largest absolute Gasteiger partial charge is 0.380 e. The molecule has 2 heterocycles. The molecule has 124 valence electrons. The molecule has 0 unspecified atom stereocenters. The van der Waals surface area contributed by atoms with E-state index in [9.17, 15) is 9.18 Å². The summed E-state index contributed by atoms with van der Waals surface area (Å²) in [5.74, 6) is -0.770. The summed E-state index contributed by atoms with van der Waals surface area (Å²) >= 11 is 1.22. The molecule has 5 nitrogen and oxygen atoms in total. The molecule has 0 spiro atoms. The Morgan fingerprint density at radius 2 is 2.35 bits per heavy atom. The summed E-state index contributed by atoms with van der Waals surface area (Å²) in [6, 6.07) is 4.78. The maximum absolute atomic E-state index is 14.1. The van der Waals surface area contributed by atoms with Gasteiger partial charge in [0.05, 0.1) is 6.61 Å². The van der Waals surface area contributed by atoms with E-state index in [1.165, 1.54) is 24.5 Å². The van der Waals surface area contributed by atoms with Crippen LogP contribution in [0.1, 0.15) is 34.5 Å². The van der Waals surface area contributed by atoms with E-state index in [2.05, 4.69) is 5.48 Å². The van der Waals surface area contributed by atoms with Gasteiger partial charge < -0.3 is 9.47 Å². The molecule has 0 aliphatic carbocycles. The zero-order valence-electron chi connectivity index (χ0n) is 12.8. The van der Waals surface area contributed by atoms with Gasteiger partial charge >= 0.3 is 0 Å². The smallest absolute Gasteiger partial charge is 0.285 e. The minimum absolute atomic E-state index is 0.156. The van der Waals surface area contributed by atoms with Crippen molar-refractivity contribution in [3.05, 3.63) is 34.5 Å². The summed E-state index contributed by atoms with van der Waals surface area (Å²) < 4.78 is 25.3. The predicted octanol–water partition coefficient (Wildman–Crippen LogP) is 3.37. The number of halogens is 1. The van der Waals surface area contributed by atoms with Gasteiger partial charge in [-0.15, -0.1) is 11.3 Å². The first-order chi connectivity index (χ1) is 11.2. The van der Waals surface area contributed by atoms with E-state index in [0.29, 0.717) is 27.1 Å². The summed E-state index contributed by atoms with van der Waals surface area (Å²) in [6.07, 6.45) is 2.32. The molecule has 1 fully saturated rings. The number of methoxy groups -OCH3 is 1. The molecular weight excluding hydrogens is 321 g/mol. The van der Waals surface area contributed by atoms with Crippen LogP contribution in [-0.2, 0) is 20.9 Å². The molecule has 1 aliphatic rings. The van der Waals surface area contributed by atoms with Crippen molar-refractivity contribution in [3.63, 3.8) is 0 Å². The quantitative estimate of drug-likeness (QED) is 0.849. The van der Waals surface area contributed by atoms with Crippen molar-refractivity contribution in [1.29, 1.82) is 0 Å². The maximum Gasteiger partial charge on any atom is 0.285 e. The van der Waals surface area contributed by atoms with Crippen LogP contribution in [-0.4, -0.2) is 25.9 Å². The van der Waals surface area contributed by atoms with Crippen molar-refractivity contribution in [2.45, 2.75) is 32.2 Å². The van der Waals surface area contributed by atoms with Crippen LogP contribution in [0.3, 0.4) is 0 Å². The first kappa shape index (κ1) is 16.3. The van der Waals surface area contributed by atoms with Gasteiger partial charge in [-0.25, -0.2) is 14.7 Å².